The zero-order chi connectivity index (χ0) is 19.4. The van der Waals surface area contributed by atoms with Gasteiger partial charge in [-0.25, -0.2) is 4.79 Å². The van der Waals surface area contributed by atoms with Gasteiger partial charge in [0.05, 0.1) is 0 Å². The Labute approximate surface area is 157 Å². The molecule has 0 amide bonds. The lowest BCUT2D eigenvalue weighted by atomic mass is 9.92. The summed E-state index contributed by atoms with van der Waals surface area (Å²) in [5.74, 6) is -0.311. The predicted octanol–water partition coefficient (Wildman–Crippen LogP) is 5.07. The summed E-state index contributed by atoms with van der Waals surface area (Å²) in [5.41, 5.74) is 2.88. The Kier molecular flexibility index (Phi) is 6.01. The Balaban J connectivity index is 2.31. The van der Waals surface area contributed by atoms with Crippen molar-refractivity contribution in [1.29, 1.82) is 0 Å². The number of hydrogen-bond acceptors (Lipinski definition) is 3. The van der Waals surface area contributed by atoms with Gasteiger partial charge in [-0.2, -0.15) is 0 Å². The van der Waals surface area contributed by atoms with Gasteiger partial charge in [0.2, 0.25) is 0 Å². The molecule has 0 aliphatic rings. The number of carbonyl (C=O) groups is 1. The van der Waals surface area contributed by atoms with E-state index in [1.165, 1.54) is 11.1 Å². The van der Waals surface area contributed by atoms with Gasteiger partial charge < -0.3 is 4.74 Å². The molecule has 0 fully saturated rings. The average Bonchev–Trinajstić information content (AvgIpc) is 2.55. The molecule has 0 aliphatic carbocycles. The van der Waals surface area contributed by atoms with Crippen molar-refractivity contribution < 1.29 is 9.53 Å². The molecule has 0 bridgehead atoms. The lowest BCUT2D eigenvalue weighted by Crippen LogP contribution is -2.41. The van der Waals surface area contributed by atoms with E-state index in [9.17, 15) is 4.79 Å². The van der Waals surface area contributed by atoms with Crippen molar-refractivity contribution in [3.8, 4) is 0 Å². The van der Waals surface area contributed by atoms with Gasteiger partial charge in [-0.1, -0.05) is 59.7 Å². The Hall–Kier alpha value is -2.42. The molecule has 0 aliphatic heterocycles. The number of esters is 1. The third kappa shape index (κ3) is 5.83. The maximum atomic E-state index is 12.9. The number of hydrogen-bond donors (Lipinski definition) is 0. The van der Waals surface area contributed by atoms with Crippen molar-refractivity contribution in [3.63, 3.8) is 0 Å². The Morgan fingerprint density at radius 2 is 1.42 bits per heavy atom. The molecule has 3 nitrogen and oxygen atoms in total. The van der Waals surface area contributed by atoms with Crippen LogP contribution in [0.5, 0.6) is 0 Å². The molecule has 0 spiro atoms. The van der Waals surface area contributed by atoms with Crippen molar-refractivity contribution in [2.45, 2.75) is 59.1 Å². The number of rotatable bonds is 5. The average molecular weight is 351 g/mol. The summed E-state index contributed by atoms with van der Waals surface area (Å²) in [6.07, 6.45) is 2.25. The second-order valence-corrected chi connectivity index (χ2v) is 8.11. The van der Waals surface area contributed by atoms with Crippen molar-refractivity contribution in [1.82, 2.24) is 0 Å². The van der Waals surface area contributed by atoms with Crippen LogP contribution in [0.4, 0.5) is 0 Å². The van der Waals surface area contributed by atoms with Crippen molar-refractivity contribution in [3.05, 3.63) is 70.8 Å². The van der Waals surface area contributed by atoms with Crippen LogP contribution in [-0.2, 0) is 16.0 Å². The molecule has 138 valence electrons. The van der Waals surface area contributed by atoms with E-state index in [0.717, 1.165) is 11.1 Å². The normalized spacial score (nSPS) is 14.2. The lowest BCUT2D eigenvalue weighted by Gasteiger charge is -2.28. The van der Waals surface area contributed by atoms with E-state index < -0.39 is 11.1 Å². The van der Waals surface area contributed by atoms with Gasteiger partial charge in [-0.05, 0) is 52.7 Å². The molecule has 0 aromatic heterocycles. The number of carbonyl (C=O) groups excluding carboxylic acids is 1. The summed E-state index contributed by atoms with van der Waals surface area (Å²) in [6, 6.07) is 16.3. The number of aryl methyl sites for hydroxylation is 2. The van der Waals surface area contributed by atoms with E-state index in [1.54, 1.807) is 6.21 Å². The topological polar surface area (TPSA) is 38.7 Å². The molecule has 26 heavy (non-hydrogen) atoms. The van der Waals surface area contributed by atoms with Crippen molar-refractivity contribution >= 4 is 12.2 Å². The molecule has 2 aromatic rings. The lowest BCUT2D eigenvalue weighted by molar-refractivity contribution is -0.160. The zero-order valence-electron chi connectivity index (χ0n) is 16.7. The number of ether oxygens (including phenoxy) is 1. The van der Waals surface area contributed by atoms with Crippen molar-refractivity contribution in [2.75, 3.05) is 0 Å². The Morgan fingerprint density at radius 3 is 1.92 bits per heavy atom. The molecular weight excluding hydrogens is 322 g/mol. The van der Waals surface area contributed by atoms with E-state index in [4.69, 9.17) is 4.74 Å². The van der Waals surface area contributed by atoms with Crippen LogP contribution in [-0.4, -0.2) is 23.3 Å². The van der Waals surface area contributed by atoms with Gasteiger partial charge in [-0.3, -0.25) is 4.99 Å². The first-order chi connectivity index (χ1) is 12.1. The van der Waals surface area contributed by atoms with Crippen LogP contribution in [0, 0.1) is 13.8 Å². The highest BCUT2D eigenvalue weighted by Crippen LogP contribution is 2.23. The summed E-state index contributed by atoms with van der Waals surface area (Å²) in [4.78, 5) is 17.5. The molecule has 2 aromatic carbocycles. The molecule has 0 N–H and O–H groups in total. The maximum Gasteiger partial charge on any atom is 0.334 e. The van der Waals surface area contributed by atoms with Crippen LogP contribution in [0.3, 0.4) is 0 Å². The SMILES string of the molecule is Cc1ccc(C=N[C@@](C)(Cc2ccc(C)cc2)C(=O)OC(C)(C)C)cc1. The van der Waals surface area contributed by atoms with E-state index in [1.807, 2.05) is 77.9 Å². The molecule has 0 saturated heterocycles. The van der Waals surface area contributed by atoms with Crippen LogP contribution in [0.15, 0.2) is 53.5 Å². The van der Waals surface area contributed by atoms with Gasteiger partial charge in [-0.15, -0.1) is 0 Å². The zero-order valence-corrected chi connectivity index (χ0v) is 16.7. The standard InChI is InChI=1S/C23H29NO2/c1-17-7-11-19(12-8-17)15-23(6,21(25)26-22(3,4)5)24-16-20-13-9-18(2)10-14-20/h7-14,16H,15H2,1-6H3/t23-/m0/s1. The van der Waals surface area contributed by atoms with Gasteiger partial charge in [0.25, 0.3) is 0 Å². The van der Waals surface area contributed by atoms with Gasteiger partial charge in [0, 0.05) is 12.6 Å². The van der Waals surface area contributed by atoms with Crippen LogP contribution in [0.1, 0.15) is 49.9 Å². The second kappa shape index (κ2) is 7.86. The molecular formula is C23H29NO2. The third-order valence-electron chi connectivity index (χ3n) is 4.08. The first-order valence-electron chi connectivity index (χ1n) is 8.98. The summed E-state index contributed by atoms with van der Waals surface area (Å²) in [6.45, 7) is 11.6. The summed E-state index contributed by atoms with van der Waals surface area (Å²) in [5, 5.41) is 0. The molecule has 2 rings (SSSR count). The van der Waals surface area contributed by atoms with Crippen molar-refractivity contribution in [2.24, 2.45) is 4.99 Å². The van der Waals surface area contributed by atoms with E-state index in [2.05, 4.69) is 17.1 Å². The second-order valence-electron chi connectivity index (χ2n) is 8.11. The van der Waals surface area contributed by atoms with Crippen LogP contribution < -0.4 is 0 Å². The largest absolute Gasteiger partial charge is 0.458 e. The highest BCUT2D eigenvalue weighted by molar-refractivity contribution is 5.87. The molecule has 3 heteroatoms. The van der Waals surface area contributed by atoms with Crippen LogP contribution in [0.25, 0.3) is 0 Å². The molecule has 0 saturated carbocycles. The predicted molar refractivity (Wildman–Crippen MR) is 108 cm³/mol. The molecule has 1 atom stereocenters. The number of benzene rings is 2. The van der Waals surface area contributed by atoms with E-state index >= 15 is 0 Å². The van der Waals surface area contributed by atoms with Gasteiger partial charge in [0.1, 0.15) is 5.60 Å². The van der Waals surface area contributed by atoms with Gasteiger partial charge >= 0.3 is 5.97 Å². The monoisotopic (exact) mass is 351 g/mol. The molecule has 0 radical (unpaired) electrons. The highest BCUT2D eigenvalue weighted by atomic mass is 16.6. The Morgan fingerprint density at radius 1 is 0.923 bits per heavy atom. The number of aliphatic imine (C=N–C) groups is 1. The minimum atomic E-state index is -0.979. The highest BCUT2D eigenvalue weighted by Gasteiger charge is 2.36. The first-order valence-corrected chi connectivity index (χ1v) is 8.98. The molecule has 0 unspecified atom stereocenters. The molecule has 0 heterocycles. The third-order valence-corrected chi connectivity index (χ3v) is 4.08. The minimum absolute atomic E-state index is 0.311. The van der Waals surface area contributed by atoms with Crippen LogP contribution >= 0.6 is 0 Å². The number of nitrogens with zero attached hydrogens (tertiary/aromatic N) is 1. The Bertz CT molecular complexity index is 767. The fourth-order valence-corrected chi connectivity index (χ4v) is 2.53. The van der Waals surface area contributed by atoms with Crippen LogP contribution in [0.2, 0.25) is 0 Å². The smallest absolute Gasteiger partial charge is 0.334 e. The summed E-state index contributed by atoms with van der Waals surface area (Å²) >= 11 is 0. The fourth-order valence-electron chi connectivity index (χ4n) is 2.53. The summed E-state index contributed by atoms with van der Waals surface area (Å²) < 4.78 is 5.65. The maximum absolute atomic E-state index is 12.9. The van der Waals surface area contributed by atoms with Gasteiger partial charge in [0.15, 0.2) is 5.54 Å². The quantitative estimate of drug-likeness (QED) is 0.557. The van der Waals surface area contributed by atoms with E-state index in [-0.39, 0.29) is 5.97 Å². The minimum Gasteiger partial charge on any atom is -0.458 e. The fraction of sp³-hybridized carbons (Fsp3) is 0.391. The van der Waals surface area contributed by atoms with E-state index in [0.29, 0.717) is 6.42 Å². The summed E-state index contributed by atoms with van der Waals surface area (Å²) in [7, 11) is 0. The first kappa shape index (κ1) is 19.9.